The first-order chi connectivity index (χ1) is 3.68. The molecule has 0 aromatic heterocycles. The summed E-state index contributed by atoms with van der Waals surface area (Å²) in [7, 11) is 0. The quantitative estimate of drug-likeness (QED) is 0.553. The van der Waals surface area contributed by atoms with Crippen molar-refractivity contribution in [2.75, 3.05) is 6.54 Å². The molecule has 48 valence electrons. The van der Waals surface area contributed by atoms with Crippen LogP contribution in [-0.2, 0) is 0 Å². The van der Waals surface area contributed by atoms with Gasteiger partial charge in [0.05, 0.1) is 0 Å². The predicted molar refractivity (Wildman–Crippen MR) is 33.4 cm³/mol. The van der Waals surface area contributed by atoms with E-state index in [-0.39, 0.29) is 0 Å². The first kappa shape index (κ1) is 7.63. The number of allylic oxidation sites excluding steroid dienone is 1. The Morgan fingerprint density at radius 2 is 2.38 bits per heavy atom. The molecule has 1 unspecified atom stereocenters. The standard InChI is InChI=1S/C6H12FN/c1-5(2)6(7)3-4-8/h6H,1,3-4,8H2,2H3. The second-order valence-electron chi connectivity index (χ2n) is 1.89. The van der Waals surface area contributed by atoms with Gasteiger partial charge in [-0.15, -0.1) is 0 Å². The van der Waals surface area contributed by atoms with Crippen LogP contribution in [0.25, 0.3) is 0 Å². The van der Waals surface area contributed by atoms with Crippen LogP contribution in [0.15, 0.2) is 12.2 Å². The second kappa shape index (κ2) is 3.61. The van der Waals surface area contributed by atoms with Gasteiger partial charge in [-0.3, -0.25) is 0 Å². The first-order valence-corrected chi connectivity index (χ1v) is 2.68. The Hall–Kier alpha value is -0.370. The van der Waals surface area contributed by atoms with E-state index in [1.807, 2.05) is 0 Å². The van der Waals surface area contributed by atoms with Crippen molar-refractivity contribution >= 4 is 0 Å². The van der Waals surface area contributed by atoms with E-state index in [0.717, 1.165) is 0 Å². The van der Waals surface area contributed by atoms with Gasteiger partial charge in [-0.2, -0.15) is 0 Å². The van der Waals surface area contributed by atoms with Crippen molar-refractivity contribution in [2.45, 2.75) is 19.5 Å². The lowest BCUT2D eigenvalue weighted by molar-refractivity contribution is 0.365. The molecule has 1 atom stereocenters. The summed E-state index contributed by atoms with van der Waals surface area (Å²) in [5.74, 6) is 0. The van der Waals surface area contributed by atoms with E-state index in [2.05, 4.69) is 6.58 Å². The van der Waals surface area contributed by atoms with Crippen molar-refractivity contribution in [3.05, 3.63) is 12.2 Å². The Balaban J connectivity index is 3.32. The van der Waals surface area contributed by atoms with Gasteiger partial charge in [0.15, 0.2) is 0 Å². The van der Waals surface area contributed by atoms with Crippen LogP contribution in [0.1, 0.15) is 13.3 Å². The Labute approximate surface area is 49.4 Å². The number of alkyl halides is 1. The minimum Gasteiger partial charge on any atom is -0.330 e. The van der Waals surface area contributed by atoms with Gasteiger partial charge in [0.25, 0.3) is 0 Å². The maximum atomic E-state index is 12.3. The van der Waals surface area contributed by atoms with E-state index in [0.29, 0.717) is 18.5 Å². The maximum absolute atomic E-state index is 12.3. The molecule has 2 heteroatoms. The summed E-state index contributed by atoms with van der Waals surface area (Å²) in [5.41, 5.74) is 5.65. The van der Waals surface area contributed by atoms with Gasteiger partial charge in [0.1, 0.15) is 6.17 Å². The Morgan fingerprint density at radius 3 is 2.50 bits per heavy atom. The zero-order chi connectivity index (χ0) is 6.57. The third kappa shape index (κ3) is 2.75. The van der Waals surface area contributed by atoms with Crippen molar-refractivity contribution in [1.82, 2.24) is 0 Å². The van der Waals surface area contributed by atoms with E-state index in [4.69, 9.17) is 5.73 Å². The minimum absolute atomic E-state index is 0.397. The van der Waals surface area contributed by atoms with Crippen LogP contribution in [0, 0.1) is 0 Å². The summed E-state index contributed by atoms with van der Waals surface area (Å²) >= 11 is 0. The SMILES string of the molecule is C=C(C)C(F)CCN. The molecule has 0 bridgehead atoms. The Bertz CT molecular complexity index is 80.6. The maximum Gasteiger partial charge on any atom is 0.122 e. The molecule has 0 aromatic rings. The zero-order valence-corrected chi connectivity index (χ0v) is 5.15. The fourth-order valence-corrected chi connectivity index (χ4v) is 0.393. The summed E-state index contributed by atoms with van der Waals surface area (Å²) in [6, 6.07) is 0. The lowest BCUT2D eigenvalue weighted by Gasteiger charge is -2.02. The molecule has 8 heavy (non-hydrogen) atoms. The minimum atomic E-state index is -0.903. The van der Waals surface area contributed by atoms with Gasteiger partial charge in [0.2, 0.25) is 0 Å². The van der Waals surface area contributed by atoms with Crippen LogP contribution in [0.3, 0.4) is 0 Å². The van der Waals surface area contributed by atoms with Gasteiger partial charge in [-0.05, 0) is 25.5 Å². The molecule has 0 aromatic carbocycles. The first-order valence-electron chi connectivity index (χ1n) is 2.68. The molecule has 1 nitrogen and oxygen atoms in total. The molecule has 0 radical (unpaired) electrons. The number of hydrogen-bond acceptors (Lipinski definition) is 1. The summed E-state index contributed by atoms with van der Waals surface area (Å²) in [4.78, 5) is 0. The molecule has 0 aliphatic carbocycles. The fraction of sp³-hybridized carbons (Fsp3) is 0.667. The third-order valence-electron chi connectivity index (χ3n) is 0.955. The number of halogens is 1. The number of hydrogen-bond donors (Lipinski definition) is 1. The van der Waals surface area contributed by atoms with Crippen LogP contribution in [0.4, 0.5) is 4.39 Å². The number of rotatable bonds is 3. The normalized spacial score (nSPS) is 13.4. The van der Waals surface area contributed by atoms with Crippen LogP contribution >= 0.6 is 0 Å². The summed E-state index contributed by atoms with van der Waals surface area (Å²) < 4.78 is 12.3. The molecular weight excluding hydrogens is 105 g/mol. The summed E-state index contributed by atoms with van der Waals surface area (Å²) in [5, 5.41) is 0. The largest absolute Gasteiger partial charge is 0.330 e. The molecule has 0 spiro atoms. The number of nitrogens with two attached hydrogens (primary N) is 1. The smallest absolute Gasteiger partial charge is 0.122 e. The zero-order valence-electron chi connectivity index (χ0n) is 5.15. The van der Waals surface area contributed by atoms with Crippen LogP contribution in [-0.4, -0.2) is 12.7 Å². The molecule has 0 heterocycles. The highest BCUT2D eigenvalue weighted by molar-refractivity contribution is 4.96. The van der Waals surface area contributed by atoms with Gasteiger partial charge in [-0.25, -0.2) is 4.39 Å². The van der Waals surface area contributed by atoms with Gasteiger partial charge in [0, 0.05) is 0 Å². The Kier molecular flexibility index (Phi) is 3.44. The van der Waals surface area contributed by atoms with Crippen LogP contribution < -0.4 is 5.73 Å². The highest BCUT2D eigenvalue weighted by Gasteiger charge is 2.02. The van der Waals surface area contributed by atoms with Crippen molar-refractivity contribution < 1.29 is 4.39 Å². The van der Waals surface area contributed by atoms with E-state index in [9.17, 15) is 4.39 Å². The van der Waals surface area contributed by atoms with Crippen molar-refractivity contribution in [3.63, 3.8) is 0 Å². The lowest BCUT2D eigenvalue weighted by atomic mass is 10.1. The molecule has 0 fully saturated rings. The molecule has 0 aliphatic heterocycles. The monoisotopic (exact) mass is 117 g/mol. The highest BCUT2D eigenvalue weighted by atomic mass is 19.1. The van der Waals surface area contributed by atoms with E-state index < -0.39 is 6.17 Å². The van der Waals surface area contributed by atoms with Crippen molar-refractivity contribution in [3.8, 4) is 0 Å². The van der Waals surface area contributed by atoms with Gasteiger partial charge in [-0.1, -0.05) is 6.58 Å². The van der Waals surface area contributed by atoms with Gasteiger partial charge < -0.3 is 5.73 Å². The molecule has 0 aliphatic rings. The van der Waals surface area contributed by atoms with E-state index >= 15 is 0 Å². The summed E-state index contributed by atoms with van der Waals surface area (Å²) in [6.07, 6.45) is -0.505. The summed E-state index contributed by atoms with van der Waals surface area (Å²) in [6.45, 7) is 5.51. The average Bonchev–Trinajstić information content (AvgIpc) is 1.67. The average molecular weight is 117 g/mol. The van der Waals surface area contributed by atoms with Crippen LogP contribution in [0.2, 0.25) is 0 Å². The van der Waals surface area contributed by atoms with E-state index in [1.165, 1.54) is 0 Å². The highest BCUT2D eigenvalue weighted by Crippen LogP contribution is 2.05. The molecule has 0 saturated heterocycles. The predicted octanol–water partition coefficient (Wildman–Crippen LogP) is 1.25. The van der Waals surface area contributed by atoms with Crippen molar-refractivity contribution in [2.24, 2.45) is 5.73 Å². The van der Waals surface area contributed by atoms with Crippen molar-refractivity contribution in [1.29, 1.82) is 0 Å². The topological polar surface area (TPSA) is 26.0 Å². The Morgan fingerprint density at radius 1 is 1.88 bits per heavy atom. The molecule has 0 amide bonds. The lowest BCUT2D eigenvalue weighted by Crippen LogP contribution is -2.09. The molecule has 0 saturated carbocycles. The molecular formula is C6H12FN. The molecule has 0 rings (SSSR count). The third-order valence-corrected chi connectivity index (χ3v) is 0.955. The van der Waals surface area contributed by atoms with E-state index in [1.54, 1.807) is 6.92 Å². The molecule has 2 N–H and O–H groups in total. The van der Waals surface area contributed by atoms with Crippen LogP contribution in [0.5, 0.6) is 0 Å². The van der Waals surface area contributed by atoms with Gasteiger partial charge >= 0.3 is 0 Å². The second-order valence-corrected chi connectivity index (χ2v) is 1.89. The fourth-order valence-electron chi connectivity index (χ4n) is 0.393.